The van der Waals surface area contributed by atoms with Crippen LogP contribution in [0.1, 0.15) is 0 Å². The van der Waals surface area contributed by atoms with Gasteiger partial charge in [0.15, 0.2) is 0 Å². The van der Waals surface area contributed by atoms with Gasteiger partial charge >= 0.3 is 5.69 Å². The molecule has 0 amide bonds. The highest BCUT2D eigenvalue weighted by Gasteiger charge is 2.22. The van der Waals surface area contributed by atoms with Crippen LogP contribution < -0.4 is 4.74 Å². The molecule has 20 heavy (non-hydrogen) atoms. The van der Waals surface area contributed by atoms with Crippen LogP contribution in [0.3, 0.4) is 0 Å². The maximum absolute atomic E-state index is 13.8. The molecule has 2 rings (SSSR count). The van der Waals surface area contributed by atoms with Crippen molar-refractivity contribution in [2.24, 2.45) is 0 Å². The molecule has 0 bridgehead atoms. The molecular formula is C11H6BrF2N3O3. The first-order chi connectivity index (χ1) is 9.45. The van der Waals surface area contributed by atoms with Crippen LogP contribution in [0.2, 0.25) is 0 Å². The zero-order chi connectivity index (χ0) is 14.9. The molecule has 1 aromatic carbocycles. The third kappa shape index (κ3) is 2.44. The molecule has 0 atom stereocenters. The molecule has 0 N–H and O–H groups in total. The number of nitro groups is 1. The van der Waals surface area contributed by atoms with Crippen molar-refractivity contribution in [2.45, 2.75) is 0 Å². The predicted molar refractivity (Wildman–Crippen MR) is 68.3 cm³/mol. The Balaban J connectivity index is 2.70. The van der Waals surface area contributed by atoms with Gasteiger partial charge in [0.25, 0.3) is 0 Å². The Bertz CT molecular complexity index is 697. The van der Waals surface area contributed by atoms with Crippen molar-refractivity contribution >= 4 is 21.6 Å². The lowest BCUT2D eigenvalue weighted by molar-refractivity contribution is -0.387. The fraction of sp³-hybridized carbons (Fsp3) is 0.0909. The van der Waals surface area contributed by atoms with Gasteiger partial charge in [0.2, 0.25) is 11.7 Å². The lowest BCUT2D eigenvalue weighted by atomic mass is 10.1. The number of nitrogens with zero attached hydrogens (tertiary/aromatic N) is 3. The highest BCUT2D eigenvalue weighted by molar-refractivity contribution is 9.10. The lowest BCUT2D eigenvalue weighted by Crippen LogP contribution is -1.99. The average molecular weight is 346 g/mol. The van der Waals surface area contributed by atoms with Crippen LogP contribution in [0, 0.1) is 21.7 Å². The van der Waals surface area contributed by atoms with E-state index in [1.807, 2.05) is 0 Å². The minimum Gasteiger partial charge on any atom is -0.480 e. The fourth-order valence-corrected chi connectivity index (χ4v) is 2.12. The SMILES string of the molecule is COc1ncnc(-c2cc([N+](=O)[O-])c(F)cc2F)c1Br. The molecule has 1 heterocycles. The Morgan fingerprint density at radius 1 is 1.30 bits per heavy atom. The first-order valence-corrected chi connectivity index (χ1v) is 5.93. The number of nitro benzene ring substituents is 1. The molecule has 6 nitrogen and oxygen atoms in total. The molecule has 0 aliphatic heterocycles. The molecule has 9 heteroatoms. The van der Waals surface area contributed by atoms with Gasteiger partial charge in [0.05, 0.1) is 17.7 Å². The molecule has 0 fully saturated rings. The maximum atomic E-state index is 13.8. The zero-order valence-corrected chi connectivity index (χ0v) is 11.5. The Morgan fingerprint density at radius 3 is 2.60 bits per heavy atom. The van der Waals surface area contributed by atoms with Gasteiger partial charge in [0, 0.05) is 17.7 Å². The normalized spacial score (nSPS) is 10.4. The van der Waals surface area contributed by atoms with Crippen molar-refractivity contribution in [3.05, 3.63) is 44.7 Å². The quantitative estimate of drug-likeness (QED) is 0.630. The summed E-state index contributed by atoms with van der Waals surface area (Å²) in [5.74, 6) is -2.11. The number of halogens is 3. The molecule has 0 radical (unpaired) electrons. The molecule has 0 aliphatic rings. The summed E-state index contributed by atoms with van der Waals surface area (Å²) in [5, 5.41) is 10.7. The Hall–Kier alpha value is -2.16. The highest BCUT2D eigenvalue weighted by Crippen LogP contribution is 2.35. The molecule has 104 valence electrons. The topological polar surface area (TPSA) is 78.2 Å². The van der Waals surface area contributed by atoms with Gasteiger partial charge in [-0.2, -0.15) is 4.39 Å². The number of aromatic nitrogens is 2. The van der Waals surface area contributed by atoms with Gasteiger partial charge in [-0.3, -0.25) is 10.1 Å². The molecule has 0 spiro atoms. The molecule has 0 saturated carbocycles. The van der Waals surface area contributed by atoms with E-state index in [9.17, 15) is 18.9 Å². The van der Waals surface area contributed by atoms with Gasteiger partial charge in [-0.25, -0.2) is 14.4 Å². The summed E-state index contributed by atoms with van der Waals surface area (Å²) in [6.45, 7) is 0. The molecular weight excluding hydrogens is 340 g/mol. The van der Waals surface area contributed by atoms with Gasteiger partial charge in [-0.05, 0) is 15.9 Å². The molecule has 0 unspecified atom stereocenters. The number of rotatable bonds is 3. The first kappa shape index (κ1) is 14.3. The highest BCUT2D eigenvalue weighted by atomic mass is 79.9. The summed E-state index contributed by atoms with van der Waals surface area (Å²) in [6, 6.07) is 1.21. The number of methoxy groups -OCH3 is 1. The summed E-state index contributed by atoms with van der Waals surface area (Å²) >= 11 is 3.11. The van der Waals surface area contributed by atoms with Crippen molar-refractivity contribution in [3.8, 4) is 17.1 Å². The van der Waals surface area contributed by atoms with Crippen LogP contribution >= 0.6 is 15.9 Å². The van der Waals surface area contributed by atoms with E-state index in [0.717, 1.165) is 12.4 Å². The molecule has 1 aromatic heterocycles. The Labute approximate surface area is 119 Å². The van der Waals surface area contributed by atoms with Gasteiger partial charge in [0.1, 0.15) is 16.6 Å². The Kier molecular flexibility index (Phi) is 3.89. The maximum Gasteiger partial charge on any atom is 0.305 e. The van der Waals surface area contributed by atoms with E-state index in [1.54, 1.807) is 0 Å². The largest absolute Gasteiger partial charge is 0.480 e. The second kappa shape index (κ2) is 5.45. The van der Waals surface area contributed by atoms with E-state index in [1.165, 1.54) is 7.11 Å². The average Bonchev–Trinajstić information content (AvgIpc) is 2.39. The Morgan fingerprint density at radius 2 is 2.00 bits per heavy atom. The van der Waals surface area contributed by atoms with Gasteiger partial charge in [-0.1, -0.05) is 0 Å². The second-order valence-corrected chi connectivity index (χ2v) is 4.38. The van der Waals surface area contributed by atoms with Crippen LogP contribution in [0.4, 0.5) is 14.5 Å². The monoisotopic (exact) mass is 345 g/mol. The van der Waals surface area contributed by atoms with Crippen LogP contribution in [-0.4, -0.2) is 22.0 Å². The van der Waals surface area contributed by atoms with Gasteiger partial charge < -0.3 is 4.74 Å². The zero-order valence-electron chi connectivity index (χ0n) is 9.93. The van der Waals surface area contributed by atoms with Crippen molar-refractivity contribution in [2.75, 3.05) is 7.11 Å². The minimum atomic E-state index is -1.26. The minimum absolute atomic E-state index is 0.0254. The molecule has 0 saturated heterocycles. The number of hydrogen-bond acceptors (Lipinski definition) is 5. The lowest BCUT2D eigenvalue weighted by Gasteiger charge is -2.08. The fourth-order valence-electron chi connectivity index (χ4n) is 1.54. The summed E-state index contributed by atoms with van der Waals surface area (Å²) in [4.78, 5) is 17.4. The van der Waals surface area contributed by atoms with E-state index < -0.39 is 22.2 Å². The number of hydrogen-bond donors (Lipinski definition) is 0. The summed E-state index contributed by atoms with van der Waals surface area (Å²) in [5.41, 5.74) is -1.05. The van der Waals surface area contributed by atoms with Crippen LogP contribution in [0.5, 0.6) is 5.88 Å². The third-order valence-corrected chi connectivity index (χ3v) is 3.15. The van der Waals surface area contributed by atoms with E-state index in [0.29, 0.717) is 6.07 Å². The van der Waals surface area contributed by atoms with Crippen molar-refractivity contribution < 1.29 is 18.4 Å². The van der Waals surface area contributed by atoms with Crippen LogP contribution in [0.25, 0.3) is 11.3 Å². The van der Waals surface area contributed by atoms with Crippen molar-refractivity contribution in [1.82, 2.24) is 9.97 Å². The summed E-state index contributed by atoms with van der Waals surface area (Å²) in [7, 11) is 1.35. The van der Waals surface area contributed by atoms with E-state index in [4.69, 9.17) is 4.74 Å². The van der Waals surface area contributed by atoms with Crippen molar-refractivity contribution in [1.29, 1.82) is 0 Å². The summed E-state index contributed by atoms with van der Waals surface area (Å²) < 4.78 is 32.2. The summed E-state index contributed by atoms with van der Waals surface area (Å²) in [6.07, 6.45) is 1.10. The van der Waals surface area contributed by atoms with Crippen molar-refractivity contribution in [3.63, 3.8) is 0 Å². The van der Waals surface area contributed by atoms with E-state index in [2.05, 4.69) is 25.9 Å². The number of benzene rings is 1. The number of ether oxygens (including phenoxy) is 1. The molecule has 2 aromatic rings. The standard InChI is InChI=1S/C11H6BrF2N3O3/c1-20-11-9(12)10(15-4-16-11)5-2-8(17(18)19)7(14)3-6(5)13/h2-4H,1H3. The molecule has 0 aliphatic carbocycles. The van der Waals surface area contributed by atoms with Gasteiger partial charge in [-0.15, -0.1) is 0 Å². The van der Waals surface area contributed by atoms with E-state index >= 15 is 0 Å². The van der Waals surface area contributed by atoms with Crippen LogP contribution in [0.15, 0.2) is 22.9 Å². The second-order valence-electron chi connectivity index (χ2n) is 3.59. The van der Waals surface area contributed by atoms with Crippen LogP contribution in [-0.2, 0) is 0 Å². The third-order valence-electron chi connectivity index (χ3n) is 2.44. The predicted octanol–water partition coefficient (Wildman–Crippen LogP) is 3.10. The van der Waals surface area contributed by atoms with E-state index in [-0.39, 0.29) is 21.6 Å². The smallest absolute Gasteiger partial charge is 0.305 e. The first-order valence-electron chi connectivity index (χ1n) is 5.14.